The van der Waals surface area contributed by atoms with Crippen LogP contribution in [0.25, 0.3) is 0 Å². The van der Waals surface area contributed by atoms with Gasteiger partial charge in [0.15, 0.2) is 5.82 Å². The molecule has 2 aliphatic rings. The molecule has 0 N–H and O–H groups in total. The van der Waals surface area contributed by atoms with Crippen molar-refractivity contribution in [1.82, 2.24) is 25.1 Å². The normalized spacial score (nSPS) is 21.6. The predicted octanol–water partition coefficient (Wildman–Crippen LogP) is 3.04. The molecule has 3 heterocycles. The van der Waals surface area contributed by atoms with Gasteiger partial charge in [-0.25, -0.2) is 9.07 Å². The molecule has 0 aliphatic carbocycles. The van der Waals surface area contributed by atoms with Gasteiger partial charge in [-0.3, -0.25) is 4.90 Å². The number of para-hydroxylation sites is 1. The topological polar surface area (TPSA) is 59.3 Å². The Morgan fingerprint density at radius 3 is 2.76 bits per heavy atom. The Hall–Kier alpha value is -2.06. The maximum Gasteiger partial charge on any atom is 0.168 e. The molecule has 0 amide bonds. The molecule has 2 saturated heterocycles. The molecule has 2 fully saturated rings. The van der Waals surface area contributed by atoms with E-state index in [1.165, 1.54) is 6.07 Å². The van der Waals surface area contributed by atoms with Crippen LogP contribution >= 0.6 is 0 Å². The fraction of sp³-hybridized carbons (Fsp3) is 0.667. The molecule has 0 unspecified atom stereocenters. The van der Waals surface area contributed by atoms with E-state index in [0.29, 0.717) is 5.69 Å². The first-order valence-electron chi connectivity index (χ1n) is 10.9. The second-order valence-corrected chi connectivity index (χ2v) is 7.99. The number of aromatic nitrogens is 4. The van der Waals surface area contributed by atoms with Gasteiger partial charge in [0, 0.05) is 32.8 Å². The Morgan fingerprint density at radius 1 is 1.21 bits per heavy atom. The van der Waals surface area contributed by atoms with E-state index in [1.54, 1.807) is 6.07 Å². The van der Waals surface area contributed by atoms with Crippen molar-refractivity contribution in [1.29, 1.82) is 0 Å². The molecule has 0 saturated carbocycles. The second kappa shape index (κ2) is 9.63. The predicted molar refractivity (Wildman–Crippen MR) is 109 cm³/mol. The van der Waals surface area contributed by atoms with Gasteiger partial charge in [-0.05, 0) is 41.8 Å². The molecule has 1 aromatic heterocycles. The first-order valence-corrected chi connectivity index (χ1v) is 10.9. The molecule has 2 aliphatic heterocycles. The number of piperazine rings is 1. The van der Waals surface area contributed by atoms with Gasteiger partial charge in [0.1, 0.15) is 5.82 Å². The molecule has 29 heavy (non-hydrogen) atoms. The van der Waals surface area contributed by atoms with Gasteiger partial charge in [0.25, 0.3) is 0 Å². The number of tetrazole rings is 1. The quantitative estimate of drug-likeness (QED) is 0.676. The maximum absolute atomic E-state index is 14.2. The van der Waals surface area contributed by atoms with Crippen molar-refractivity contribution in [2.45, 2.75) is 57.7 Å². The summed E-state index contributed by atoms with van der Waals surface area (Å²) in [5, 5.41) is 12.7. The Morgan fingerprint density at radius 2 is 2.03 bits per heavy atom. The summed E-state index contributed by atoms with van der Waals surface area (Å²) >= 11 is 0. The van der Waals surface area contributed by atoms with E-state index in [-0.39, 0.29) is 18.0 Å². The van der Waals surface area contributed by atoms with Gasteiger partial charge in [-0.2, -0.15) is 0 Å². The summed E-state index contributed by atoms with van der Waals surface area (Å²) in [6.45, 7) is 7.11. The molecule has 2 atom stereocenters. The Kier molecular flexibility index (Phi) is 6.71. The number of unbranched alkanes of at least 4 members (excludes halogenated alkanes) is 1. The van der Waals surface area contributed by atoms with E-state index < -0.39 is 0 Å². The smallest absolute Gasteiger partial charge is 0.168 e. The van der Waals surface area contributed by atoms with Crippen LogP contribution in [0.3, 0.4) is 0 Å². The summed E-state index contributed by atoms with van der Waals surface area (Å²) in [4.78, 5) is 4.60. The van der Waals surface area contributed by atoms with Crippen LogP contribution in [-0.4, -0.2) is 64.0 Å². The van der Waals surface area contributed by atoms with Crippen molar-refractivity contribution in [2.75, 3.05) is 37.7 Å². The highest BCUT2D eigenvalue weighted by Gasteiger charge is 2.30. The standard InChI is InChI=1S/C21H31FN6O/c1-2-3-9-20(21-23-24-25-28(21)16-17-7-6-15-29-17)27-13-11-26(12-14-27)19-10-5-4-8-18(19)22/h4-5,8,10,17,20H,2-3,6-7,9,11-16H2,1H3/t17-,20+/m1/s1. The molecule has 0 bridgehead atoms. The van der Waals surface area contributed by atoms with Gasteiger partial charge >= 0.3 is 0 Å². The number of hydrogen-bond acceptors (Lipinski definition) is 6. The molecule has 0 spiro atoms. The summed E-state index contributed by atoms with van der Waals surface area (Å²) in [5.74, 6) is 0.789. The monoisotopic (exact) mass is 402 g/mol. The van der Waals surface area contributed by atoms with Crippen molar-refractivity contribution in [3.8, 4) is 0 Å². The molecular weight excluding hydrogens is 371 g/mol. The van der Waals surface area contributed by atoms with Gasteiger partial charge in [-0.15, -0.1) is 5.10 Å². The van der Waals surface area contributed by atoms with Gasteiger partial charge in [-0.1, -0.05) is 31.9 Å². The first-order chi connectivity index (χ1) is 14.3. The fourth-order valence-corrected chi connectivity index (χ4v) is 4.42. The SMILES string of the molecule is CCCC[C@@H](c1nnnn1C[C@H]1CCCO1)N1CCN(c2ccccc2F)CC1. The van der Waals surface area contributed by atoms with E-state index >= 15 is 0 Å². The fourth-order valence-electron chi connectivity index (χ4n) is 4.42. The second-order valence-electron chi connectivity index (χ2n) is 7.99. The molecule has 2 aromatic rings. The number of anilines is 1. The summed E-state index contributed by atoms with van der Waals surface area (Å²) in [7, 11) is 0. The van der Waals surface area contributed by atoms with Crippen LogP contribution in [0.4, 0.5) is 10.1 Å². The zero-order chi connectivity index (χ0) is 20.1. The van der Waals surface area contributed by atoms with Crippen LogP contribution in [-0.2, 0) is 11.3 Å². The van der Waals surface area contributed by atoms with E-state index in [2.05, 4.69) is 32.2 Å². The molecule has 8 heteroatoms. The lowest BCUT2D eigenvalue weighted by Gasteiger charge is -2.40. The number of hydrogen-bond donors (Lipinski definition) is 0. The number of nitrogens with zero attached hydrogens (tertiary/aromatic N) is 6. The molecule has 0 radical (unpaired) electrons. The number of rotatable bonds is 8. The molecule has 4 rings (SSSR count). The van der Waals surface area contributed by atoms with Crippen molar-refractivity contribution in [2.24, 2.45) is 0 Å². The Labute approximate surface area is 171 Å². The lowest BCUT2D eigenvalue weighted by atomic mass is 10.1. The largest absolute Gasteiger partial charge is 0.376 e. The van der Waals surface area contributed by atoms with Gasteiger partial charge < -0.3 is 9.64 Å². The van der Waals surface area contributed by atoms with Crippen LogP contribution in [0.2, 0.25) is 0 Å². The number of halogens is 1. The van der Waals surface area contributed by atoms with Crippen LogP contribution in [0.1, 0.15) is 50.9 Å². The van der Waals surface area contributed by atoms with Gasteiger partial charge in [0.2, 0.25) is 0 Å². The molecule has 1 aromatic carbocycles. The van der Waals surface area contributed by atoms with E-state index in [1.807, 2.05) is 16.8 Å². The Bertz CT molecular complexity index is 770. The molecular formula is C21H31FN6O. The van der Waals surface area contributed by atoms with E-state index in [0.717, 1.165) is 77.3 Å². The average Bonchev–Trinajstić information content (AvgIpc) is 3.42. The minimum absolute atomic E-state index is 0.149. The third kappa shape index (κ3) is 4.75. The summed E-state index contributed by atoms with van der Waals surface area (Å²) in [6.07, 6.45) is 5.69. The van der Waals surface area contributed by atoms with Crippen molar-refractivity contribution in [3.63, 3.8) is 0 Å². The minimum atomic E-state index is -0.149. The van der Waals surface area contributed by atoms with Crippen LogP contribution in [0.5, 0.6) is 0 Å². The highest BCUT2D eigenvalue weighted by Crippen LogP contribution is 2.28. The highest BCUT2D eigenvalue weighted by molar-refractivity contribution is 5.48. The number of ether oxygens (including phenoxy) is 1. The molecule has 7 nitrogen and oxygen atoms in total. The lowest BCUT2D eigenvalue weighted by Crippen LogP contribution is -2.48. The van der Waals surface area contributed by atoms with Crippen LogP contribution in [0, 0.1) is 5.82 Å². The third-order valence-electron chi connectivity index (χ3n) is 6.04. The summed E-state index contributed by atoms with van der Waals surface area (Å²) < 4.78 is 21.9. The van der Waals surface area contributed by atoms with Crippen molar-refractivity contribution in [3.05, 3.63) is 35.9 Å². The Balaban J connectivity index is 1.45. The third-order valence-corrected chi connectivity index (χ3v) is 6.04. The van der Waals surface area contributed by atoms with Crippen molar-refractivity contribution < 1.29 is 9.13 Å². The molecule has 158 valence electrons. The highest BCUT2D eigenvalue weighted by atomic mass is 19.1. The summed E-state index contributed by atoms with van der Waals surface area (Å²) in [5.41, 5.74) is 0.695. The zero-order valence-corrected chi connectivity index (χ0v) is 17.2. The van der Waals surface area contributed by atoms with E-state index in [9.17, 15) is 4.39 Å². The van der Waals surface area contributed by atoms with E-state index in [4.69, 9.17) is 4.74 Å². The lowest BCUT2D eigenvalue weighted by molar-refractivity contribution is 0.0890. The number of benzene rings is 1. The average molecular weight is 403 g/mol. The first kappa shape index (κ1) is 20.2. The minimum Gasteiger partial charge on any atom is -0.376 e. The van der Waals surface area contributed by atoms with Crippen LogP contribution in [0.15, 0.2) is 24.3 Å². The zero-order valence-electron chi connectivity index (χ0n) is 17.2. The summed E-state index contributed by atoms with van der Waals surface area (Å²) in [6, 6.07) is 7.22. The van der Waals surface area contributed by atoms with Gasteiger partial charge in [0.05, 0.1) is 24.4 Å². The maximum atomic E-state index is 14.2. The van der Waals surface area contributed by atoms with Crippen LogP contribution < -0.4 is 4.90 Å². The van der Waals surface area contributed by atoms with Crippen molar-refractivity contribution >= 4 is 5.69 Å².